The number of carbonyl (C=O) groups excluding carboxylic acids is 1. The second kappa shape index (κ2) is 5.66. The van der Waals surface area contributed by atoms with E-state index in [1.165, 1.54) is 17.0 Å². The van der Waals surface area contributed by atoms with Gasteiger partial charge in [0.05, 0.1) is 11.3 Å². The molecule has 5 nitrogen and oxygen atoms in total. The molecular weight excluding hydrogens is 268 g/mol. The minimum absolute atomic E-state index is 0.00139. The summed E-state index contributed by atoms with van der Waals surface area (Å²) in [5.74, 6) is -1.40. The van der Waals surface area contributed by atoms with Gasteiger partial charge in [0.25, 0.3) is 5.91 Å². The van der Waals surface area contributed by atoms with Crippen molar-refractivity contribution in [3.05, 3.63) is 59.2 Å². The number of aromatic carboxylic acids is 1. The number of carbonyl (C=O) groups is 2. The normalized spacial score (nSPS) is 10.2. The Morgan fingerprint density at radius 2 is 1.86 bits per heavy atom. The van der Waals surface area contributed by atoms with Crippen LogP contribution in [0.5, 0.6) is 0 Å². The Kier molecular flexibility index (Phi) is 3.93. The number of hydrogen-bond acceptors (Lipinski definition) is 3. The number of anilines is 2. The van der Waals surface area contributed by atoms with E-state index in [0.717, 1.165) is 5.56 Å². The van der Waals surface area contributed by atoms with E-state index in [-0.39, 0.29) is 11.5 Å². The maximum absolute atomic E-state index is 12.5. The highest BCUT2D eigenvalue weighted by molar-refractivity contribution is 6.09. The molecule has 0 saturated carbocycles. The molecule has 108 valence electrons. The minimum atomic E-state index is -1.12. The Morgan fingerprint density at radius 3 is 2.48 bits per heavy atom. The number of carboxylic acid groups (broad SMARTS) is 1. The molecule has 2 aromatic rings. The van der Waals surface area contributed by atoms with Crippen LogP contribution in [0.1, 0.15) is 26.3 Å². The lowest BCUT2D eigenvalue weighted by atomic mass is 10.1. The molecule has 0 spiro atoms. The predicted octanol–water partition coefficient (Wildman–Crippen LogP) is 2.55. The van der Waals surface area contributed by atoms with Crippen molar-refractivity contribution in [2.75, 3.05) is 17.7 Å². The zero-order chi connectivity index (χ0) is 15.6. The molecule has 0 radical (unpaired) electrons. The van der Waals surface area contributed by atoms with Crippen LogP contribution in [0.3, 0.4) is 0 Å². The highest BCUT2D eigenvalue weighted by Gasteiger charge is 2.19. The number of nitrogens with two attached hydrogens (primary N) is 1. The van der Waals surface area contributed by atoms with Gasteiger partial charge in [-0.15, -0.1) is 0 Å². The van der Waals surface area contributed by atoms with Gasteiger partial charge in [-0.05, 0) is 37.3 Å². The minimum Gasteiger partial charge on any atom is -0.478 e. The quantitative estimate of drug-likeness (QED) is 0.848. The van der Waals surface area contributed by atoms with Gasteiger partial charge in [-0.25, -0.2) is 4.79 Å². The van der Waals surface area contributed by atoms with Gasteiger partial charge in [0.2, 0.25) is 0 Å². The zero-order valence-electron chi connectivity index (χ0n) is 11.8. The lowest BCUT2D eigenvalue weighted by Gasteiger charge is -2.20. The number of amides is 1. The molecule has 0 aliphatic heterocycles. The van der Waals surface area contributed by atoms with Crippen molar-refractivity contribution in [3.63, 3.8) is 0 Å². The van der Waals surface area contributed by atoms with Crippen LogP contribution in [0, 0.1) is 6.92 Å². The molecular formula is C16H16N2O3. The van der Waals surface area contributed by atoms with Crippen LogP contribution >= 0.6 is 0 Å². The summed E-state index contributed by atoms with van der Waals surface area (Å²) in [6.07, 6.45) is 0. The summed E-state index contributed by atoms with van der Waals surface area (Å²) in [5.41, 5.74) is 7.72. The Labute approximate surface area is 122 Å². The van der Waals surface area contributed by atoms with E-state index in [9.17, 15) is 14.7 Å². The molecule has 2 aromatic carbocycles. The van der Waals surface area contributed by atoms with Gasteiger partial charge < -0.3 is 15.7 Å². The van der Waals surface area contributed by atoms with Crippen LogP contribution in [-0.2, 0) is 0 Å². The van der Waals surface area contributed by atoms with Crippen LogP contribution in [0.15, 0.2) is 42.5 Å². The number of rotatable bonds is 3. The molecule has 2 rings (SSSR count). The Morgan fingerprint density at radius 1 is 1.14 bits per heavy atom. The molecule has 21 heavy (non-hydrogen) atoms. The third kappa shape index (κ3) is 3.02. The topological polar surface area (TPSA) is 83.6 Å². The number of benzene rings is 2. The van der Waals surface area contributed by atoms with Crippen molar-refractivity contribution >= 4 is 23.3 Å². The van der Waals surface area contributed by atoms with Crippen molar-refractivity contribution in [3.8, 4) is 0 Å². The average molecular weight is 284 g/mol. The van der Waals surface area contributed by atoms with E-state index in [1.807, 2.05) is 13.0 Å². The molecule has 0 aliphatic rings. The monoisotopic (exact) mass is 284 g/mol. The Balaban J connectivity index is 2.42. The summed E-state index contributed by atoms with van der Waals surface area (Å²) >= 11 is 0. The molecule has 0 aliphatic carbocycles. The molecule has 5 heteroatoms. The van der Waals surface area contributed by atoms with Gasteiger partial charge in [-0.2, -0.15) is 0 Å². The van der Waals surface area contributed by atoms with Gasteiger partial charge in [0, 0.05) is 18.3 Å². The van der Waals surface area contributed by atoms with E-state index >= 15 is 0 Å². The summed E-state index contributed by atoms with van der Waals surface area (Å²) in [5, 5.41) is 9.24. The van der Waals surface area contributed by atoms with Crippen LogP contribution < -0.4 is 10.6 Å². The molecule has 1 amide bonds. The number of hydrogen-bond donors (Lipinski definition) is 2. The van der Waals surface area contributed by atoms with Gasteiger partial charge in [0.1, 0.15) is 0 Å². The number of nitrogen functional groups attached to an aromatic ring is 1. The van der Waals surface area contributed by atoms with E-state index < -0.39 is 5.97 Å². The summed E-state index contributed by atoms with van der Waals surface area (Å²) in [6, 6.07) is 11.6. The third-order valence-electron chi connectivity index (χ3n) is 3.18. The highest BCUT2D eigenvalue weighted by Crippen LogP contribution is 2.24. The molecule has 0 fully saturated rings. The van der Waals surface area contributed by atoms with Crippen LogP contribution in [0.4, 0.5) is 11.4 Å². The van der Waals surface area contributed by atoms with Crippen molar-refractivity contribution in [2.45, 2.75) is 6.92 Å². The molecule has 0 atom stereocenters. The number of aryl methyl sites for hydroxylation is 1. The SMILES string of the molecule is Cc1cccc(C(=O)N(C)c2ccc(N)cc2C(=O)O)c1. The summed E-state index contributed by atoms with van der Waals surface area (Å²) in [7, 11) is 1.54. The maximum Gasteiger partial charge on any atom is 0.337 e. The molecule has 0 aromatic heterocycles. The summed E-state index contributed by atoms with van der Waals surface area (Å²) in [4.78, 5) is 25.1. The van der Waals surface area contributed by atoms with Gasteiger partial charge in [-0.1, -0.05) is 17.7 Å². The molecule has 0 bridgehead atoms. The fraction of sp³-hybridized carbons (Fsp3) is 0.125. The maximum atomic E-state index is 12.5. The van der Waals surface area contributed by atoms with Gasteiger partial charge in [0.15, 0.2) is 0 Å². The highest BCUT2D eigenvalue weighted by atomic mass is 16.4. The molecule has 3 N–H and O–H groups in total. The smallest absolute Gasteiger partial charge is 0.337 e. The first-order valence-electron chi connectivity index (χ1n) is 6.37. The average Bonchev–Trinajstić information content (AvgIpc) is 2.45. The number of carboxylic acids is 1. The first-order valence-corrected chi connectivity index (χ1v) is 6.37. The van der Waals surface area contributed by atoms with Crippen molar-refractivity contribution in [1.29, 1.82) is 0 Å². The van der Waals surface area contributed by atoms with Crippen molar-refractivity contribution in [2.24, 2.45) is 0 Å². The molecule has 0 saturated heterocycles. The molecule has 0 heterocycles. The second-order valence-corrected chi connectivity index (χ2v) is 4.82. The largest absolute Gasteiger partial charge is 0.478 e. The predicted molar refractivity (Wildman–Crippen MR) is 81.7 cm³/mol. The van der Waals surface area contributed by atoms with E-state index in [1.54, 1.807) is 31.3 Å². The van der Waals surface area contributed by atoms with Crippen LogP contribution in [0.25, 0.3) is 0 Å². The standard InChI is InChI=1S/C16H16N2O3/c1-10-4-3-5-11(8-10)15(19)18(2)14-7-6-12(17)9-13(14)16(20)21/h3-9H,17H2,1-2H3,(H,20,21). The van der Waals surface area contributed by atoms with Gasteiger partial charge in [-0.3, -0.25) is 4.79 Å². The molecule has 0 unspecified atom stereocenters. The fourth-order valence-electron chi connectivity index (χ4n) is 2.10. The van der Waals surface area contributed by atoms with Crippen molar-refractivity contribution < 1.29 is 14.7 Å². The van der Waals surface area contributed by atoms with E-state index in [4.69, 9.17) is 5.73 Å². The zero-order valence-corrected chi connectivity index (χ0v) is 11.8. The first kappa shape index (κ1) is 14.6. The van der Waals surface area contributed by atoms with Crippen LogP contribution in [0.2, 0.25) is 0 Å². The van der Waals surface area contributed by atoms with E-state index in [2.05, 4.69) is 0 Å². The second-order valence-electron chi connectivity index (χ2n) is 4.82. The lowest BCUT2D eigenvalue weighted by molar-refractivity contribution is 0.0698. The van der Waals surface area contributed by atoms with Gasteiger partial charge >= 0.3 is 5.97 Å². The fourth-order valence-corrected chi connectivity index (χ4v) is 2.10. The Bertz CT molecular complexity index is 710. The third-order valence-corrected chi connectivity index (χ3v) is 3.18. The summed E-state index contributed by atoms with van der Waals surface area (Å²) in [6.45, 7) is 1.89. The van der Waals surface area contributed by atoms with Crippen molar-refractivity contribution in [1.82, 2.24) is 0 Å². The number of nitrogens with zero attached hydrogens (tertiary/aromatic N) is 1. The van der Waals surface area contributed by atoms with E-state index in [0.29, 0.717) is 16.9 Å². The Hall–Kier alpha value is -2.82. The van der Waals surface area contributed by atoms with Crippen LogP contribution in [-0.4, -0.2) is 24.0 Å². The lowest BCUT2D eigenvalue weighted by Crippen LogP contribution is -2.28. The first-order chi connectivity index (χ1) is 9.90. The summed E-state index contributed by atoms with van der Waals surface area (Å²) < 4.78 is 0.